The second-order valence-electron chi connectivity index (χ2n) is 6.68. The van der Waals surface area contributed by atoms with Crippen LogP contribution < -0.4 is 10.6 Å². The van der Waals surface area contributed by atoms with Gasteiger partial charge in [-0.05, 0) is 32.1 Å². The van der Waals surface area contributed by atoms with Gasteiger partial charge in [0.15, 0.2) is 0 Å². The largest absolute Gasteiger partial charge is 0.355 e. The number of nitrogens with one attached hydrogen (secondary N) is 2. The van der Waals surface area contributed by atoms with Gasteiger partial charge in [-0.25, -0.2) is 0 Å². The molecule has 0 unspecified atom stereocenters. The smallest absolute Gasteiger partial charge is 0.233 e. The Labute approximate surface area is 107 Å². The molecule has 3 nitrogen and oxygen atoms in total. The predicted molar refractivity (Wildman–Crippen MR) is 74.1 cm³/mol. The van der Waals surface area contributed by atoms with Crippen LogP contribution in [-0.4, -0.2) is 24.5 Å². The first kappa shape index (κ1) is 16.4. The summed E-state index contributed by atoms with van der Waals surface area (Å²) in [6.45, 7) is 14.3. The Kier molecular flexibility index (Phi) is 6.76. The number of hydrogen-bond donors (Lipinski definition) is 2. The van der Waals surface area contributed by atoms with Gasteiger partial charge >= 0.3 is 0 Å². The third-order valence-corrected chi connectivity index (χ3v) is 2.55. The SMILES string of the molecule is CCCCNC(=O)CNC(C)(C)CC(C)(C)C. The summed E-state index contributed by atoms with van der Waals surface area (Å²) in [6.07, 6.45) is 3.21. The van der Waals surface area contributed by atoms with E-state index in [4.69, 9.17) is 0 Å². The van der Waals surface area contributed by atoms with E-state index in [2.05, 4.69) is 52.2 Å². The summed E-state index contributed by atoms with van der Waals surface area (Å²) in [6, 6.07) is 0. The maximum atomic E-state index is 11.6. The van der Waals surface area contributed by atoms with Gasteiger partial charge in [0.05, 0.1) is 6.54 Å². The number of carbonyl (C=O) groups is 1. The van der Waals surface area contributed by atoms with Crippen LogP contribution >= 0.6 is 0 Å². The van der Waals surface area contributed by atoms with Gasteiger partial charge in [-0.2, -0.15) is 0 Å². The second kappa shape index (κ2) is 7.00. The maximum absolute atomic E-state index is 11.6. The Hall–Kier alpha value is -0.570. The molecule has 0 aromatic rings. The topological polar surface area (TPSA) is 41.1 Å². The molecular formula is C14H30N2O. The summed E-state index contributed by atoms with van der Waals surface area (Å²) in [4.78, 5) is 11.6. The molecule has 17 heavy (non-hydrogen) atoms. The molecule has 0 spiro atoms. The van der Waals surface area contributed by atoms with Gasteiger partial charge in [0.2, 0.25) is 5.91 Å². The van der Waals surface area contributed by atoms with E-state index >= 15 is 0 Å². The van der Waals surface area contributed by atoms with Crippen LogP contribution in [0.25, 0.3) is 0 Å². The summed E-state index contributed by atoms with van der Waals surface area (Å²) < 4.78 is 0. The van der Waals surface area contributed by atoms with Crippen molar-refractivity contribution in [1.82, 2.24) is 10.6 Å². The summed E-state index contributed by atoms with van der Waals surface area (Å²) in [5.74, 6) is 0.0976. The lowest BCUT2D eigenvalue weighted by atomic mass is 9.82. The average molecular weight is 242 g/mol. The Morgan fingerprint density at radius 1 is 1.12 bits per heavy atom. The number of carbonyl (C=O) groups excluding carboxylic acids is 1. The third-order valence-electron chi connectivity index (χ3n) is 2.55. The standard InChI is InChI=1S/C14H30N2O/c1-7-8-9-15-12(17)10-16-14(5,6)11-13(2,3)4/h16H,7-11H2,1-6H3,(H,15,17). The van der Waals surface area contributed by atoms with Gasteiger partial charge in [0.25, 0.3) is 0 Å². The van der Waals surface area contributed by atoms with Gasteiger partial charge in [-0.1, -0.05) is 34.1 Å². The van der Waals surface area contributed by atoms with E-state index < -0.39 is 0 Å². The van der Waals surface area contributed by atoms with Crippen molar-refractivity contribution in [2.24, 2.45) is 5.41 Å². The lowest BCUT2D eigenvalue weighted by molar-refractivity contribution is -0.120. The molecule has 0 atom stereocenters. The highest BCUT2D eigenvalue weighted by Crippen LogP contribution is 2.26. The Balaban J connectivity index is 3.88. The van der Waals surface area contributed by atoms with Gasteiger partial charge < -0.3 is 10.6 Å². The van der Waals surface area contributed by atoms with Crippen LogP contribution in [0.15, 0.2) is 0 Å². The highest BCUT2D eigenvalue weighted by Gasteiger charge is 2.25. The molecule has 102 valence electrons. The summed E-state index contributed by atoms with van der Waals surface area (Å²) in [7, 11) is 0. The van der Waals surface area contributed by atoms with E-state index in [-0.39, 0.29) is 16.9 Å². The second-order valence-corrected chi connectivity index (χ2v) is 6.68. The third kappa shape index (κ3) is 10.3. The van der Waals surface area contributed by atoms with Gasteiger partial charge in [-0.3, -0.25) is 4.79 Å². The van der Waals surface area contributed by atoms with Gasteiger partial charge in [-0.15, -0.1) is 0 Å². The van der Waals surface area contributed by atoms with Crippen molar-refractivity contribution in [2.45, 2.75) is 66.3 Å². The van der Waals surface area contributed by atoms with Crippen molar-refractivity contribution >= 4 is 5.91 Å². The fourth-order valence-corrected chi connectivity index (χ4v) is 2.17. The van der Waals surface area contributed by atoms with Crippen LogP contribution in [0.5, 0.6) is 0 Å². The number of amides is 1. The normalized spacial score (nSPS) is 12.6. The molecule has 0 aromatic carbocycles. The van der Waals surface area contributed by atoms with E-state index in [1.807, 2.05) is 0 Å². The van der Waals surface area contributed by atoms with Crippen molar-refractivity contribution in [3.8, 4) is 0 Å². The first-order valence-corrected chi connectivity index (χ1v) is 6.68. The zero-order valence-electron chi connectivity index (χ0n) is 12.4. The molecule has 0 bridgehead atoms. The van der Waals surface area contributed by atoms with E-state index in [1.54, 1.807) is 0 Å². The molecule has 0 aliphatic rings. The summed E-state index contributed by atoms with van der Waals surface area (Å²) in [5, 5.41) is 6.25. The van der Waals surface area contributed by atoms with Crippen molar-refractivity contribution in [3.63, 3.8) is 0 Å². The molecule has 0 aromatic heterocycles. The molecule has 0 fully saturated rings. The van der Waals surface area contributed by atoms with Gasteiger partial charge in [0, 0.05) is 12.1 Å². The Bertz CT molecular complexity index is 229. The quantitative estimate of drug-likeness (QED) is 0.674. The van der Waals surface area contributed by atoms with Crippen LogP contribution in [0.4, 0.5) is 0 Å². The fraction of sp³-hybridized carbons (Fsp3) is 0.929. The summed E-state index contributed by atoms with van der Waals surface area (Å²) >= 11 is 0. The van der Waals surface area contributed by atoms with Crippen molar-refractivity contribution in [3.05, 3.63) is 0 Å². The molecule has 0 saturated heterocycles. The monoisotopic (exact) mass is 242 g/mol. The molecule has 0 heterocycles. The number of rotatable bonds is 7. The minimum Gasteiger partial charge on any atom is -0.355 e. The zero-order valence-corrected chi connectivity index (χ0v) is 12.4. The van der Waals surface area contributed by atoms with E-state index in [0.717, 1.165) is 25.8 Å². The molecule has 1 amide bonds. The lowest BCUT2D eigenvalue weighted by Gasteiger charge is -2.33. The number of hydrogen-bond acceptors (Lipinski definition) is 2. The molecule has 0 radical (unpaired) electrons. The van der Waals surface area contributed by atoms with E-state index in [0.29, 0.717) is 6.54 Å². The minimum atomic E-state index is 0.000344. The summed E-state index contributed by atoms with van der Waals surface area (Å²) in [5.41, 5.74) is 0.273. The molecule has 0 rings (SSSR count). The predicted octanol–water partition coefficient (Wildman–Crippen LogP) is 2.71. The first-order chi connectivity index (χ1) is 7.66. The van der Waals surface area contributed by atoms with Crippen LogP contribution in [0.3, 0.4) is 0 Å². The molecule has 0 saturated carbocycles. The minimum absolute atomic E-state index is 0.000344. The van der Waals surface area contributed by atoms with E-state index in [9.17, 15) is 4.79 Å². The van der Waals surface area contributed by atoms with Crippen molar-refractivity contribution in [1.29, 1.82) is 0 Å². The molecule has 0 aliphatic carbocycles. The lowest BCUT2D eigenvalue weighted by Crippen LogP contribution is -2.47. The van der Waals surface area contributed by atoms with Crippen molar-refractivity contribution < 1.29 is 4.79 Å². The maximum Gasteiger partial charge on any atom is 0.233 e. The van der Waals surface area contributed by atoms with Crippen LogP contribution in [0, 0.1) is 5.41 Å². The Morgan fingerprint density at radius 2 is 1.71 bits per heavy atom. The van der Waals surface area contributed by atoms with Crippen LogP contribution in [0.1, 0.15) is 60.8 Å². The van der Waals surface area contributed by atoms with Gasteiger partial charge in [0.1, 0.15) is 0 Å². The number of unbranched alkanes of at least 4 members (excludes halogenated alkanes) is 1. The Morgan fingerprint density at radius 3 is 2.18 bits per heavy atom. The van der Waals surface area contributed by atoms with Crippen LogP contribution in [0.2, 0.25) is 0 Å². The highest BCUT2D eigenvalue weighted by molar-refractivity contribution is 5.78. The first-order valence-electron chi connectivity index (χ1n) is 6.68. The zero-order chi connectivity index (χ0) is 13.5. The van der Waals surface area contributed by atoms with E-state index in [1.165, 1.54) is 0 Å². The highest BCUT2D eigenvalue weighted by atomic mass is 16.1. The van der Waals surface area contributed by atoms with Crippen LogP contribution in [-0.2, 0) is 4.79 Å². The average Bonchev–Trinajstić information content (AvgIpc) is 2.12. The fourth-order valence-electron chi connectivity index (χ4n) is 2.17. The molecule has 3 heteroatoms. The molecule has 2 N–H and O–H groups in total. The molecular weight excluding hydrogens is 212 g/mol. The van der Waals surface area contributed by atoms with Crippen molar-refractivity contribution in [2.75, 3.05) is 13.1 Å². The molecule has 0 aliphatic heterocycles.